The zero-order valence-corrected chi connectivity index (χ0v) is 7.89. The van der Waals surface area contributed by atoms with Gasteiger partial charge in [-0.05, 0) is 23.8 Å². The maximum absolute atomic E-state index is 5.37. The van der Waals surface area contributed by atoms with E-state index >= 15 is 0 Å². The summed E-state index contributed by atoms with van der Waals surface area (Å²) in [6.07, 6.45) is 4.82. The largest absolute Gasteiger partial charge is 0.330 e. The average molecular weight is 182 g/mol. The summed E-state index contributed by atoms with van der Waals surface area (Å²) >= 11 is 1.90. The fourth-order valence-electron chi connectivity index (χ4n) is 0.921. The molecular weight excluding hydrogens is 168 g/mol. The molecule has 1 heterocycles. The maximum Gasteiger partial charge on any atom is 0.0300 e. The Hall–Kier alpha value is -0.540. The van der Waals surface area contributed by atoms with Gasteiger partial charge in [0, 0.05) is 24.7 Å². The summed E-state index contributed by atoms with van der Waals surface area (Å²) in [5.41, 5.74) is 6.68. The van der Waals surface area contributed by atoms with Gasteiger partial charge in [0.15, 0.2) is 0 Å². The highest BCUT2D eigenvalue weighted by atomic mass is 32.2. The number of aryl methyl sites for hydroxylation is 1. The maximum atomic E-state index is 5.37. The second-order valence-electron chi connectivity index (χ2n) is 2.51. The first kappa shape index (κ1) is 9.55. The van der Waals surface area contributed by atoms with Gasteiger partial charge in [-0.25, -0.2) is 0 Å². The first-order valence-electron chi connectivity index (χ1n) is 4.10. The fraction of sp³-hybridized carbons (Fsp3) is 0.444. The van der Waals surface area contributed by atoms with Gasteiger partial charge in [-0.3, -0.25) is 4.98 Å². The predicted octanol–water partition coefficient (Wildman–Crippen LogP) is 1.32. The molecule has 2 nitrogen and oxygen atoms in total. The molecule has 0 saturated carbocycles. The summed E-state index contributed by atoms with van der Waals surface area (Å²) in [7, 11) is 0. The number of hydrogen-bond donors (Lipinski definition) is 1. The molecule has 0 saturated heterocycles. The van der Waals surface area contributed by atoms with Crippen LogP contribution in [-0.4, -0.2) is 23.0 Å². The molecule has 0 aliphatic carbocycles. The van der Waals surface area contributed by atoms with Crippen molar-refractivity contribution >= 4 is 11.8 Å². The van der Waals surface area contributed by atoms with Gasteiger partial charge in [-0.15, -0.1) is 0 Å². The van der Waals surface area contributed by atoms with Crippen LogP contribution in [-0.2, 0) is 6.42 Å². The number of rotatable bonds is 5. The highest BCUT2D eigenvalue weighted by molar-refractivity contribution is 7.99. The van der Waals surface area contributed by atoms with Crippen molar-refractivity contribution in [3.63, 3.8) is 0 Å². The van der Waals surface area contributed by atoms with E-state index in [0.717, 1.165) is 24.5 Å². The normalized spacial score (nSPS) is 10.1. The Morgan fingerprint density at radius 2 is 2.33 bits per heavy atom. The summed E-state index contributed by atoms with van der Waals surface area (Å²) in [4.78, 5) is 4.05. The van der Waals surface area contributed by atoms with E-state index in [4.69, 9.17) is 5.73 Å². The number of nitrogens with zero attached hydrogens (tertiary/aromatic N) is 1. The third-order valence-electron chi connectivity index (χ3n) is 1.52. The van der Waals surface area contributed by atoms with Gasteiger partial charge in [0.2, 0.25) is 0 Å². The summed E-state index contributed by atoms with van der Waals surface area (Å²) in [6.45, 7) is 0.776. The van der Waals surface area contributed by atoms with Gasteiger partial charge >= 0.3 is 0 Å². The van der Waals surface area contributed by atoms with E-state index in [0.29, 0.717) is 0 Å². The van der Waals surface area contributed by atoms with E-state index in [2.05, 4.69) is 11.1 Å². The van der Waals surface area contributed by atoms with Crippen molar-refractivity contribution in [3.05, 3.63) is 30.1 Å². The number of hydrogen-bond acceptors (Lipinski definition) is 3. The molecule has 66 valence electrons. The summed E-state index contributed by atoms with van der Waals surface area (Å²) in [5.74, 6) is 2.20. The Morgan fingerprint density at radius 1 is 1.42 bits per heavy atom. The van der Waals surface area contributed by atoms with Gasteiger partial charge in [0.1, 0.15) is 0 Å². The monoisotopic (exact) mass is 182 g/mol. The number of thioether (sulfide) groups is 1. The third-order valence-corrected chi connectivity index (χ3v) is 2.54. The molecule has 0 aliphatic heterocycles. The van der Waals surface area contributed by atoms with E-state index in [1.807, 2.05) is 24.0 Å². The second kappa shape index (κ2) is 6.03. The topological polar surface area (TPSA) is 38.9 Å². The van der Waals surface area contributed by atoms with Crippen LogP contribution in [0.3, 0.4) is 0 Å². The molecule has 3 heteroatoms. The SMILES string of the molecule is NCCSCCc1cccnc1. The first-order chi connectivity index (χ1) is 5.93. The number of aromatic nitrogens is 1. The van der Waals surface area contributed by atoms with Crippen LogP contribution in [0.25, 0.3) is 0 Å². The molecule has 0 spiro atoms. The molecule has 1 aromatic rings. The third kappa shape index (κ3) is 3.74. The van der Waals surface area contributed by atoms with E-state index in [9.17, 15) is 0 Å². The summed E-state index contributed by atoms with van der Waals surface area (Å²) < 4.78 is 0. The van der Waals surface area contributed by atoms with E-state index < -0.39 is 0 Å². The van der Waals surface area contributed by atoms with Gasteiger partial charge in [-0.2, -0.15) is 11.8 Å². The van der Waals surface area contributed by atoms with Crippen LogP contribution in [0.15, 0.2) is 24.5 Å². The Kier molecular flexibility index (Phi) is 4.80. The molecule has 0 aliphatic rings. The second-order valence-corrected chi connectivity index (χ2v) is 3.74. The minimum atomic E-state index is 0.776. The van der Waals surface area contributed by atoms with Gasteiger partial charge in [0.25, 0.3) is 0 Å². The van der Waals surface area contributed by atoms with Gasteiger partial charge in [-0.1, -0.05) is 6.07 Å². The van der Waals surface area contributed by atoms with Crippen molar-refractivity contribution in [3.8, 4) is 0 Å². The van der Waals surface area contributed by atoms with Crippen LogP contribution in [0, 0.1) is 0 Å². The number of nitrogens with two attached hydrogens (primary N) is 1. The standard InChI is InChI=1S/C9H14N2S/c10-4-7-12-6-3-9-2-1-5-11-8-9/h1-2,5,8H,3-4,6-7,10H2. The molecule has 0 atom stereocenters. The van der Waals surface area contributed by atoms with Crippen LogP contribution in [0.1, 0.15) is 5.56 Å². The Bertz CT molecular complexity index is 201. The lowest BCUT2D eigenvalue weighted by atomic mass is 10.2. The van der Waals surface area contributed by atoms with Crippen molar-refractivity contribution < 1.29 is 0 Å². The van der Waals surface area contributed by atoms with Crippen molar-refractivity contribution in [1.29, 1.82) is 0 Å². The number of pyridine rings is 1. The highest BCUT2D eigenvalue weighted by Gasteiger charge is 1.91. The zero-order valence-electron chi connectivity index (χ0n) is 7.07. The highest BCUT2D eigenvalue weighted by Crippen LogP contribution is 2.04. The molecule has 0 amide bonds. The molecule has 12 heavy (non-hydrogen) atoms. The zero-order chi connectivity index (χ0) is 8.65. The quantitative estimate of drug-likeness (QED) is 0.698. The van der Waals surface area contributed by atoms with Crippen LogP contribution >= 0.6 is 11.8 Å². The molecule has 1 aromatic heterocycles. The van der Waals surface area contributed by atoms with Crippen LogP contribution in [0.5, 0.6) is 0 Å². The van der Waals surface area contributed by atoms with E-state index in [-0.39, 0.29) is 0 Å². The summed E-state index contributed by atoms with van der Waals surface area (Å²) in [6, 6.07) is 4.08. The first-order valence-corrected chi connectivity index (χ1v) is 5.25. The van der Waals surface area contributed by atoms with Crippen molar-refractivity contribution in [2.45, 2.75) is 6.42 Å². The molecule has 0 unspecified atom stereocenters. The van der Waals surface area contributed by atoms with Crippen LogP contribution in [0.2, 0.25) is 0 Å². The Balaban J connectivity index is 2.16. The molecule has 1 rings (SSSR count). The molecular formula is C9H14N2S. The molecule has 0 bridgehead atoms. The van der Waals surface area contributed by atoms with Crippen molar-refractivity contribution in [1.82, 2.24) is 4.98 Å². The lowest BCUT2D eigenvalue weighted by Gasteiger charge is -1.99. The van der Waals surface area contributed by atoms with Crippen molar-refractivity contribution in [2.75, 3.05) is 18.1 Å². The van der Waals surface area contributed by atoms with E-state index in [1.165, 1.54) is 5.56 Å². The predicted molar refractivity (Wildman–Crippen MR) is 54.3 cm³/mol. The van der Waals surface area contributed by atoms with Crippen LogP contribution < -0.4 is 5.73 Å². The van der Waals surface area contributed by atoms with Gasteiger partial charge < -0.3 is 5.73 Å². The Labute approximate surface area is 77.6 Å². The van der Waals surface area contributed by atoms with Crippen molar-refractivity contribution in [2.24, 2.45) is 5.73 Å². The van der Waals surface area contributed by atoms with E-state index in [1.54, 1.807) is 6.20 Å². The molecule has 0 fully saturated rings. The molecule has 2 N–H and O–H groups in total. The Morgan fingerprint density at radius 3 is 3.00 bits per heavy atom. The smallest absolute Gasteiger partial charge is 0.0300 e. The minimum Gasteiger partial charge on any atom is -0.330 e. The minimum absolute atomic E-state index is 0.776. The van der Waals surface area contributed by atoms with Crippen LogP contribution in [0.4, 0.5) is 0 Å². The lowest BCUT2D eigenvalue weighted by Crippen LogP contribution is -2.02. The molecule has 0 radical (unpaired) electrons. The average Bonchev–Trinajstić information content (AvgIpc) is 2.14. The summed E-state index contributed by atoms with van der Waals surface area (Å²) in [5, 5.41) is 0. The lowest BCUT2D eigenvalue weighted by molar-refractivity contribution is 1.10. The molecule has 0 aromatic carbocycles. The van der Waals surface area contributed by atoms with Gasteiger partial charge in [0.05, 0.1) is 0 Å². The fourth-order valence-corrected chi connectivity index (χ4v) is 1.67.